The molecule has 0 unspecified atom stereocenters. The number of ketones is 1. The summed E-state index contributed by atoms with van der Waals surface area (Å²) < 4.78 is 42.2. The number of rotatable bonds is 8. The van der Waals surface area contributed by atoms with E-state index in [1.54, 1.807) is 0 Å². The van der Waals surface area contributed by atoms with Crippen molar-refractivity contribution < 1.29 is 33.0 Å². The molecule has 1 aromatic heterocycles. The first kappa shape index (κ1) is 26.9. The minimum absolute atomic E-state index is 0.0467. The van der Waals surface area contributed by atoms with E-state index in [0.717, 1.165) is 12.1 Å². The average molecular weight is 527 g/mol. The Morgan fingerprint density at radius 1 is 1.00 bits per heavy atom. The molecular weight excluding hydrogens is 501 g/mol. The van der Waals surface area contributed by atoms with Crippen LogP contribution in [-0.4, -0.2) is 38.6 Å². The minimum atomic E-state index is -0.972. The zero-order valence-electron chi connectivity index (χ0n) is 20.2. The van der Waals surface area contributed by atoms with Gasteiger partial charge in [-0.25, -0.2) is 13.2 Å². The number of hydrogen-bond donors (Lipinski definition) is 3. The topological polar surface area (TPSA) is 109 Å². The number of allylic oxidation sites excluding steroid dienone is 1. The summed E-state index contributed by atoms with van der Waals surface area (Å²) in [5, 5.41) is 22.5. The van der Waals surface area contributed by atoms with Gasteiger partial charge in [-0.15, -0.1) is 0 Å². The molecule has 0 saturated heterocycles. The molecule has 1 heterocycles. The molecule has 2 atom stereocenters. The molecule has 0 radical (unpaired) electrons. The molecule has 0 spiro atoms. The molecule has 198 valence electrons. The predicted molar refractivity (Wildman–Crippen MR) is 132 cm³/mol. The molecule has 3 N–H and O–H groups in total. The SMILES string of the molecule is O=C(N[C@H]1CCC[C@@H]1O)C(O)=CC(=O)c1cc(Cc2ccc(F)cc2F)cn(Cc2ccc(F)cc2)c1=O. The van der Waals surface area contributed by atoms with Gasteiger partial charge in [0.05, 0.1) is 24.3 Å². The first-order valence-corrected chi connectivity index (χ1v) is 12.0. The maximum Gasteiger partial charge on any atom is 0.286 e. The van der Waals surface area contributed by atoms with Crippen LogP contribution in [0.2, 0.25) is 0 Å². The van der Waals surface area contributed by atoms with Crippen molar-refractivity contribution in [2.75, 3.05) is 0 Å². The molecule has 10 heteroatoms. The fourth-order valence-corrected chi connectivity index (χ4v) is 4.38. The van der Waals surface area contributed by atoms with E-state index in [0.29, 0.717) is 36.5 Å². The summed E-state index contributed by atoms with van der Waals surface area (Å²) in [6, 6.07) is 9.06. The number of pyridine rings is 1. The van der Waals surface area contributed by atoms with Crippen LogP contribution in [0.5, 0.6) is 0 Å². The molecular formula is C28H25F3N2O5. The normalized spacial score (nSPS) is 17.4. The van der Waals surface area contributed by atoms with E-state index in [2.05, 4.69) is 5.32 Å². The summed E-state index contributed by atoms with van der Waals surface area (Å²) in [6.07, 6.45) is 2.88. The van der Waals surface area contributed by atoms with Gasteiger partial charge in [0.1, 0.15) is 17.5 Å². The lowest BCUT2D eigenvalue weighted by Gasteiger charge is -2.15. The summed E-state index contributed by atoms with van der Waals surface area (Å²) in [6.45, 7) is -0.0467. The van der Waals surface area contributed by atoms with E-state index in [1.165, 1.54) is 47.2 Å². The van der Waals surface area contributed by atoms with E-state index in [-0.39, 0.29) is 18.5 Å². The number of aliphatic hydroxyl groups excluding tert-OH is 2. The number of halogens is 3. The van der Waals surface area contributed by atoms with Gasteiger partial charge in [-0.3, -0.25) is 14.4 Å². The summed E-state index contributed by atoms with van der Waals surface area (Å²) in [7, 11) is 0. The van der Waals surface area contributed by atoms with Crippen LogP contribution in [0, 0.1) is 17.5 Å². The monoisotopic (exact) mass is 526 g/mol. The molecule has 1 saturated carbocycles. The Morgan fingerprint density at radius 2 is 1.71 bits per heavy atom. The van der Waals surface area contributed by atoms with Crippen LogP contribution in [-0.2, 0) is 17.8 Å². The maximum absolute atomic E-state index is 14.3. The number of carbonyl (C=O) groups excluding carboxylic acids is 2. The van der Waals surface area contributed by atoms with Crippen molar-refractivity contribution in [2.45, 2.75) is 44.4 Å². The van der Waals surface area contributed by atoms with Gasteiger partial charge in [-0.05, 0) is 60.2 Å². The average Bonchev–Trinajstić information content (AvgIpc) is 3.28. The van der Waals surface area contributed by atoms with Crippen molar-refractivity contribution >= 4 is 11.7 Å². The molecule has 1 aliphatic carbocycles. The highest BCUT2D eigenvalue weighted by Gasteiger charge is 2.28. The van der Waals surface area contributed by atoms with Gasteiger partial charge < -0.3 is 20.1 Å². The molecule has 0 aliphatic heterocycles. The Labute approximate surface area is 215 Å². The number of aromatic nitrogens is 1. The standard InChI is InChI=1S/C28H25F3N2O5/c29-19-7-4-16(5-8-19)14-33-15-17(10-18-6-9-20(30)12-22(18)31)11-21(28(33)38)25(35)13-26(36)27(37)32-23-2-1-3-24(23)34/h4-9,11-13,15,23-24,34,36H,1-3,10,14H2,(H,32,37)/t23-,24-/m0/s1. The summed E-state index contributed by atoms with van der Waals surface area (Å²) in [5.74, 6) is -4.91. The Bertz CT molecular complexity index is 1450. The molecule has 2 aromatic carbocycles. The van der Waals surface area contributed by atoms with Crippen LogP contribution in [0.15, 0.2) is 71.4 Å². The van der Waals surface area contributed by atoms with Gasteiger partial charge in [-0.2, -0.15) is 0 Å². The molecule has 3 aromatic rings. The van der Waals surface area contributed by atoms with Gasteiger partial charge in [0.25, 0.3) is 11.5 Å². The smallest absolute Gasteiger partial charge is 0.286 e. The van der Waals surface area contributed by atoms with Gasteiger partial charge >= 0.3 is 0 Å². The second-order valence-corrected chi connectivity index (χ2v) is 9.21. The number of carbonyl (C=O) groups is 2. The Hall–Kier alpha value is -4.18. The highest BCUT2D eigenvalue weighted by molar-refractivity contribution is 6.08. The third-order valence-corrected chi connectivity index (χ3v) is 6.38. The number of amides is 1. The largest absolute Gasteiger partial charge is 0.503 e. The predicted octanol–water partition coefficient (Wildman–Crippen LogP) is 3.56. The Balaban J connectivity index is 1.67. The summed E-state index contributed by atoms with van der Waals surface area (Å²) >= 11 is 0. The van der Waals surface area contributed by atoms with Crippen LogP contribution >= 0.6 is 0 Å². The van der Waals surface area contributed by atoms with E-state index >= 15 is 0 Å². The number of nitrogens with zero attached hydrogens (tertiary/aromatic N) is 1. The van der Waals surface area contributed by atoms with E-state index in [4.69, 9.17) is 0 Å². The summed E-state index contributed by atoms with van der Waals surface area (Å²) in [5.41, 5.74) is -0.160. The quantitative estimate of drug-likeness (QED) is 0.236. The molecule has 1 amide bonds. The number of aliphatic hydroxyl groups is 2. The van der Waals surface area contributed by atoms with E-state index in [1.807, 2.05) is 0 Å². The molecule has 0 bridgehead atoms. The first-order valence-electron chi connectivity index (χ1n) is 12.0. The second kappa shape index (κ2) is 11.5. The lowest BCUT2D eigenvalue weighted by molar-refractivity contribution is -0.121. The van der Waals surface area contributed by atoms with Gasteiger partial charge in [0.2, 0.25) is 0 Å². The van der Waals surface area contributed by atoms with Gasteiger partial charge in [0, 0.05) is 24.8 Å². The van der Waals surface area contributed by atoms with Crippen molar-refractivity contribution in [1.29, 1.82) is 0 Å². The minimum Gasteiger partial charge on any atom is -0.503 e. The fourth-order valence-electron chi connectivity index (χ4n) is 4.38. The zero-order valence-corrected chi connectivity index (χ0v) is 20.2. The van der Waals surface area contributed by atoms with Gasteiger partial charge in [0.15, 0.2) is 11.5 Å². The summed E-state index contributed by atoms with van der Waals surface area (Å²) in [4.78, 5) is 38.5. The second-order valence-electron chi connectivity index (χ2n) is 9.21. The van der Waals surface area contributed by atoms with Crippen molar-refractivity contribution in [3.63, 3.8) is 0 Å². The van der Waals surface area contributed by atoms with E-state index < -0.39 is 58.2 Å². The molecule has 38 heavy (non-hydrogen) atoms. The van der Waals surface area contributed by atoms with Crippen molar-refractivity contribution in [2.24, 2.45) is 0 Å². The van der Waals surface area contributed by atoms with Crippen LogP contribution in [0.4, 0.5) is 13.2 Å². The van der Waals surface area contributed by atoms with Crippen molar-refractivity contribution in [1.82, 2.24) is 9.88 Å². The van der Waals surface area contributed by atoms with Crippen molar-refractivity contribution in [3.8, 4) is 0 Å². The Kier molecular flexibility index (Phi) is 8.11. The first-order chi connectivity index (χ1) is 18.1. The molecule has 4 rings (SSSR count). The number of benzene rings is 2. The van der Waals surface area contributed by atoms with Crippen LogP contribution in [0.25, 0.3) is 0 Å². The highest BCUT2D eigenvalue weighted by Crippen LogP contribution is 2.19. The molecule has 1 aliphatic rings. The van der Waals surface area contributed by atoms with Crippen LogP contribution < -0.4 is 10.9 Å². The fraction of sp³-hybridized carbons (Fsp3) is 0.250. The van der Waals surface area contributed by atoms with Gasteiger partial charge in [-0.1, -0.05) is 18.2 Å². The Morgan fingerprint density at radius 3 is 2.37 bits per heavy atom. The van der Waals surface area contributed by atoms with E-state index in [9.17, 15) is 37.8 Å². The van der Waals surface area contributed by atoms with Crippen LogP contribution in [0.3, 0.4) is 0 Å². The maximum atomic E-state index is 14.3. The highest BCUT2D eigenvalue weighted by atomic mass is 19.1. The lowest BCUT2D eigenvalue weighted by Crippen LogP contribution is -2.40. The van der Waals surface area contributed by atoms with Crippen molar-refractivity contribution in [3.05, 3.63) is 117 Å². The molecule has 1 fully saturated rings. The lowest BCUT2D eigenvalue weighted by atomic mass is 10.0. The zero-order chi connectivity index (χ0) is 27.4. The third kappa shape index (κ3) is 6.38. The number of hydrogen-bond acceptors (Lipinski definition) is 5. The number of nitrogens with one attached hydrogen (secondary N) is 1. The van der Waals surface area contributed by atoms with Crippen LogP contribution in [0.1, 0.15) is 46.3 Å². The molecule has 7 nitrogen and oxygen atoms in total. The third-order valence-electron chi connectivity index (χ3n) is 6.38.